The molecule has 2 aliphatic heterocycles. The van der Waals surface area contributed by atoms with Crippen LogP contribution in [0.2, 0.25) is 0 Å². The number of nitrogens with one attached hydrogen (secondary N) is 2. The molecule has 130 valence electrons. The second-order valence-corrected chi connectivity index (χ2v) is 8.06. The Kier molecular flexibility index (Phi) is 3.94. The van der Waals surface area contributed by atoms with Gasteiger partial charge in [0.15, 0.2) is 5.84 Å². The van der Waals surface area contributed by atoms with Gasteiger partial charge < -0.3 is 15.5 Å². The van der Waals surface area contributed by atoms with Crippen LogP contribution in [0.4, 0.5) is 16.4 Å². The van der Waals surface area contributed by atoms with E-state index in [4.69, 9.17) is 9.98 Å². The van der Waals surface area contributed by atoms with E-state index in [-0.39, 0.29) is 0 Å². The molecule has 3 aliphatic rings. The molecule has 1 aromatic carbocycles. The number of fused-ring (bicyclic) bond motifs is 2. The van der Waals surface area contributed by atoms with E-state index in [1.165, 1.54) is 30.7 Å². The third-order valence-corrected chi connectivity index (χ3v) is 6.49. The Bertz CT molecular complexity index is 800. The molecule has 2 aromatic rings. The molecule has 6 heteroatoms. The summed E-state index contributed by atoms with van der Waals surface area (Å²) in [6, 6.07) is 8.31. The number of para-hydroxylation sites is 2. The Labute approximate surface area is 152 Å². The highest BCUT2D eigenvalue weighted by Gasteiger charge is 2.29. The number of benzene rings is 1. The quantitative estimate of drug-likeness (QED) is 0.818. The Morgan fingerprint density at radius 2 is 1.88 bits per heavy atom. The van der Waals surface area contributed by atoms with Gasteiger partial charge in [0.25, 0.3) is 0 Å². The van der Waals surface area contributed by atoms with Gasteiger partial charge in [0.1, 0.15) is 10.7 Å². The first-order chi connectivity index (χ1) is 12.4. The number of anilines is 2. The van der Waals surface area contributed by atoms with E-state index in [2.05, 4.69) is 39.8 Å². The topological polar surface area (TPSA) is 52.5 Å². The minimum Gasteiger partial charge on any atom is -0.352 e. The van der Waals surface area contributed by atoms with Crippen molar-refractivity contribution < 1.29 is 0 Å². The molecule has 0 radical (unpaired) electrons. The van der Waals surface area contributed by atoms with Gasteiger partial charge in [-0.1, -0.05) is 25.0 Å². The maximum Gasteiger partial charge on any atom is 0.158 e. The number of piperazine rings is 1. The summed E-state index contributed by atoms with van der Waals surface area (Å²) >= 11 is 1.83. The van der Waals surface area contributed by atoms with Crippen LogP contribution in [-0.2, 0) is 0 Å². The molecule has 5 rings (SSSR count). The third-order valence-electron chi connectivity index (χ3n) is 5.36. The van der Waals surface area contributed by atoms with Crippen LogP contribution < -0.4 is 10.6 Å². The monoisotopic (exact) mass is 353 g/mol. The summed E-state index contributed by atoms with van der Waals surface area (Å²) in [5, 5.41) is 9.49. The van der Waals surface area contributed by atoms with Gasteiger partial charge in [-0.3, -0.25) is 0 Å². The lowest BCUT2D eigenvalue weighted by Gasteiger charge is -2.29. The van der Waals surface area contributed by atoms with Crippen molar-refractivity contribution in [3.05, 3.63) is 35.0 Å². The maximum absolute atomic E-state index is 5.10. The van der Waals surface area contributed by atoms with Gasteiger partial charge in [-0.25, -0.2) is 9.98 Å². The van der Waals surface area contributed by atoms with Gasteiger partial charge in [-0.2, -0.15) is 0 Å². The van der Waals surface area contributed by atoms with Gasteiger partial charge in [0.2, 0.25) is 0 Å². The molecule has 3 heterocycles. The summed E-state index contributed by atoms with van der Waals surface area (Å²) in [4.78, 5) is 12.5. The molecule has 25 heavy (non-hydrogen) atoms. The van der Waals surface area contributed by atoms with Crippen molar-refractivity contribution in [2.45, 2.75) is 31.6 Å². The zero-order valence-electron chi connectivity index (χ0n) is 14.3. The number of hydrogen-bond acceptors (Lipinski definition) is 6. The van der Waals surface area contributed by atoms with Gasteiger partial charge >= 0.3 is 0 Å². The number of aliphatic imine (C=N–C) groups is 1. The zero-order chi connectivity index (χ0) is 16.6. The largest absolute Gasteiger partial charge is 0.352 e. The van der Waals surface area contributed by atoms with E-state index in [0.29, 0.717) is 5.92 Å². The van der Waals surface area contributed by atoms with Crippen molar-refractivity contribution in [1.82, 2.24) is 15.2 Å². The standard InChI is InChI=1S/C19H23N5S/c1-2-6-13(5-1)18-23-16-17(24-11-9-20-10-12-24)21-14-7-3-4-8-15(14)22-19(16)25-18/h3-4,7-8,13,20,22H,1-2,5-6,9-12H2. The van der Waals surface area contributed by atoms with Crippen molar-refractivity contribution in [3.63, 3.8) is 0 Å². The molecule has 0 atom stereocenters. The van der Waals surface area contributed by atoms with Gasteiger partial charge in [-0.05, 0) is 25.0 Å². The van der Waals surface area contributed by atoms with Crippen LogP contribution in [0.5, 0.6) is 0 Å². The van der Waals surface area contributed by atoms with E-state index in [1.54, 1.807) is 0 Å². The fraction of sp³-hybridized carbons (Fsp3) is 0.474. The highest BCUT2D eigenvalue weighted by atomic mass is 32.1. The number of rotatable bonds is 1. The normalized spacial score (nSPS) is 20.5. The lowest BCUT2D eigenvalue weighted by atomic mass is 10.1. The van der Waals surface area contributed by atoms with Crippen molar-refractivity contribution in [1.29, 1.82) is 0 Å². The van der Waals surface area contributed by atoms with E-state index in [1.807, 2.05) is 11.3 Å². The Balaban J connectivity index is 1.60. The Morgan fingerprint density at radius 3 is 2.72 bits per heavy atom. The summed E-state index contributed by atoms with van der Waals surface area (Å²) in [6.07, 6.45) is 5.24. The summed E-state index contributed by atoms with van der Waals surface area (Å²) < 4.78 is 0. The fourth-order valence-corrected chi connectivity index (χ4v) is 5.13. The average molecular weight is 353 g/mol. The molecule has 0 spiro atoms. The van der Waals surface area contributed by atoms with E-state index in [9.17, 15) is 0 Å². The molecule has 5 nitrogen and oxygen atoms in total. The van der Waals surface area contributed by atoms with Crippen molar-refractivity contribution in [2.75, 3.05) is 31.5 Å². The molecule has 1 saturated heterocycles. The molecule has 1 saturated carbocycles. The predicted octanol–water partition coefficient (Wildman–Crippen LogP) is 3.84. The number of nitrogens with zero attached hydrogens (tertiary/aromatic N) is 3. The molecule has 1 aromatic heterocycles. The first kappa shape index (κ1) is 15.3. The molecule has 2 fully saturated rings. The molecule has 0 unspecified atom stereocenters. The van der Waals surface area contributed by atoms with Crippen LogP contribution >= 0.6 is 11.3 Å². The smallest absolute Gasteiger partial charge is 0.158 e. The Hall–Kier alpha value is -1.92. The summed E-state index contributed by atoms with van der Waals surface area (Å²) in [5.41, 5.74) is 3.13. The highest BCUT2D eigenvalue weighted by molar-refractivity contribution is 7.16. The lowest BCUT2D eigenvalue weighted by molar-refractivity contribution is 0.357. The van der Waals surface area contributed by atoms with Crippen LogP contribution in [-0.4, -0.2) is 41.9 Å². The highest BCUT2D eigenvalue weighted by Crippen LogP contribution is 2.42. The van der Waals surface area contributed by atoms with Crippen molar-refractivity contribution in [2.24, 2.45) is 4.99 Å². The van der Waals surface area contributed by atoms with Gasteiger partial charge in [0.05, 0.1) is 16.4 Å². The fourth-order valence-electron chi connectivity index (χ4n) is 3.98. The molecular weight excluding hydrogens is 330 g/mol. The molecule has 0 amide bonds. The first-order valence-corrected chi connectivity index (χ1v) is 10.1. The first-order valence-electron chi connectivity index (χ1n) is 9.30. The molecule has 0 bridgehead atoms. The van der Waals surface area contributed by atoms with E-state index in [0.717, 1.165) is 54.1 Å². The molecule has 1 aliphatic carbocycles. The van der Waals surface area contributed by atoms with Crippen LogP contribution in [0.25, 0.3) is 0 Å². The van der Waals surface area contributed by atoms with Crippen molar-refractivity contribution in [3.8, 4) is 0 Å². The average Bonchev–Trinajstić information content (AvgIpc) is 3.29. The minimum atomic E-state index is 0.637. The van der Waals surface area contributed by atoms with Crippen LogP contribution in [0.15, 0.2) is 29.3 Å². The second kappa shape index (κ2) is 6.42. The number of aromatic nitrogens is 1. The van der Waals surface area contributed by atoms with Crippen LogP contribution in [0, 0.1) is 0 Å². The number of hydrogen-bond donors (Lipinski definition) is 2. The minimum absolute atomic E-state index is 0.637. The lowest BCUT2D eigenvalue weighted by Crippen LogP contribution is -2.46. The SMILES string of the molecule is c1ccc2c(c1)N=C(N1CCNCC1)c1nc(C3CCCC3)sc1N2. The van der Waals surface area contributed by atoms with Gasteiger partial charge in [-0.15, -0.1) is 11.3 Å². The maximum atomic E-state index is 5.10. The summed E-state index contributed by atoms with van der Waals surface area (Å²) in [5.74, 6) is 1.67. The number of amidine groups is 1. The van der Waals surface area contributed by atoms with Crippen LogP contribution in [0.3, 0.4) is 0 Å². The van der Waals surface area contributed by atoms with Crippen molar-refractivity contribution >= 4 is 33.5 Å². The molecular formula is C19H23N5S. The second-order valence-electron chi connectivity index (χ2n) is 7.03. The molecule has 2 N–H and O–H groups in total. The van der Waals surface area contributed by atoms with E-state index >= 15 is 0 Å². The summed E-state index contributed by atoms with van der Waals surface area (Å²) in [6.45, 7) is 3.97. The van der Waals surface area contributed by atoms with E-state index < -0.39 is 0 Å². The predicted molar refractivity (Wildman–Crippen MR) is 104 cm³/mol. The number of thiazole rings is 1. The summed E-state index contributed by atoms with van der Waals surface area (Å²) in [7, 11) is 0. The zero-order valence-corrected chi connectivity index (χ0v) is 15.1. The Morgan fingerprint density at radius 1 is 1.08 bits per heavy atom. The third kappa shape index (κ3) is 2.83. The van der Waals surface area contributed by atoms with Crippen LogP contribution in [0.1, 0.15) is 42.3 Å². The van der Waals surface area contributed by atoms with Gasteiger partial charge in [0, 0.05) is 32.1 Å².